The van der Waals surface area contributed by atoms with Crippen LogP contribution in [0, 0.1) is 0 Å². The molecule has 1 aromatic carbocycles. The van der Waals surface area contributed by atoms with Crippen LogP contribution in [0.25, 0.3) is 0 Å². The zero-order valence-corrected chi connectivity index (χ0v) is 16.3. The number of aliphatic carboxylic acids is 1. The number of carboxylic acids is 1. The van der Waals surface area contributed by atoms with Crippen molar-refractivity contribution >= 4 is 47.5 Å². The number of carbonyl (C=O) groups excluding carboxylic acids is 1. The second kappa shape index (κ2) is 10.9. The topological polar surface area (TPSA) is 112 Å². The Morgan fingerprint density at radius 3 is 2.26 bits per heavy atom. The van der Waals surface area contributed by atoms with Crippen LogP contribution in [0.15, 0.2) is 36.4 Å². The van der Waals surface area contributed by atoms with Gasteiger partial charge < -0.3 is 20.3 Å². The van der Waals surface area contributed by atoms with Gasteiger partial charge in [-0.15, -0.1) is 12.4 Å². The number of carboxylic acid groups (broad SMARTS) is 1. The number of nitrogens with zero attached hydrogens (tertiary/aromatic N) is 1. The molecule has 1 heterocycles. The fourth-order valence-electron chi connectivity index (χ4n) is 2.06. The minimum atomic E-state index is -1.06. The number of nitrogens with two attached hydrogens (primary N) is 1. The van der Waals surface area contributed by atoms with Crippen molar-refractivity contribution in [2.75, 3.05) is 6.61 Å². The highest BCUT2D eigenvalue weighted by molar-refractivity contribution is 6.32. The largest absolute Gasteiger partial charge is 0.482 e. The van der Waals surface area contributed by atoms with Crippen molar-refractivity contribution < 1.29 is 24.2 Å². The molecule has 0 saturated carbocycles. The maximum Gasteiger partial charge on any atom is 0.341 e. The molecule has 0 aliphatic carbocycles. The standard InChI is InChI=1S/C17H16Cl2N2O5.ClH/c18-14-6-11(7-15(19)21-14)8-26-17(24)13(20)5-10-1-3-12(4-2-10)25-9-16(22)23;/h1-4,6-7,13H,5,8-9,20H2,(H,22,23);1H/t13-;/m0./s1. The van der Waals surface area contributed by atoms with Gasteiger partial charge in [0.05, 0.1) is 0 Å². The molecule has 0 spiro atoms. The minimum Gasteiger partial charge on any atom is -0.482 e. The molecule has 1 aromatic heterocycles. The van der Waals surface area contributed by atoms with Crippen molar-refractivity contribution in [1.29, 1.82) is 0 Å². The van der Waals surface area contributed by atoms with Crippen LogP contribution in [0.3, 0.4) is 0 Å². The quantitative estimate of drug-likeness (QED) is 0.484. The Hall–Kier alpha value is -2.06. The van der Waals surface area contributed by atoms with Gasteiger partial charge in [0, 0.05) is 0 Å². The van der Waals surface area contributed by atoms with Gasteiger partial charge >= 0.3 is 11.9 Å². The molecule has 0 saturated heterocycles. The minimum absolute atomic E-state index is 0. The second-order valence-electron chi connectivity index (χ2n) is 5.37. The van der Waals surface area contributed by atoms with E-state index in [0.717, 1.165) is 5.56 Å². The van der Waals surface area contributed by atoms with Gasteiger partial charge in [-0.3, -0.25) is 4.79 Å². The third-order valence-corrected chi connectivity index (χ3v) is 3.63. The summed E-state index contributed by atoms with van der Waals surface area (Å²) >= 11 is 11.6. The summed E-state index contributed by atoms with van der Waals surface area (Å²) in [6, 6.07) is 8.85. The first kappa shape index (κ1) is 23.0. The van der Waals surface area contributed by atoms with E-state index in [1.54, 1.807) is 36.4 Å². The lowest BCUT2D eigenvalue weighted by atomic mass is 10.1. The summed E-state index contributed by atoms with van der Waals surface area (Å²) in [5.41, 5.74) is 7.25. The van der Waals surface area contributed by atoms with Crippen LogP contribution in [0.5, 0.6) is 5.75 Å². The molecule has 146 valence electrons. The molecular formula is C17H17Cl3N2O5. The third-order valence-electron chi connectivity index (χ3n) is 3.25. The SMILES string of the molecule is Cl.N[C@@H](Cc1ccc(OCC(=O)O)cc1)C(=O)OCc1cc(Cl)nc(Cl)c1. The summed E-state index contributed by atoms with van der Waals surface area (Å²) in [7, 11) is 0. The Balaban J connectivity index is 0.00000364. The molecule has 0 aliphatic heterocycles. The molecule has 27 heavy (non-hydrogen) atoms. The predicted molar refractivity (Wildman–Crippen MR) is 103 cm³/mol. The van der Waals surface area contributed by atoms with Gasteiger partial charge in [-0.2, -0.15) is 0 Å². The van der Waals surface area contributed by atoms with Crippen LogP contribution in [0.1, 0.15) is 11.1 Å². The Labute approximate surface area is 171 Å². The molecule has 0 unspecified atom stereocenters. The number of halogens is 3. The molecule has 0 amide bonds. The number of pyridine rings is 1. The van der Waals surface area contributed by atoms with Crippen LogP contribution in [0.2, 0.25) is 10.3 Å². The van der Waals surface area contributed by atoms with Gasteiger partial charge in [0.15, 0.2) is 6.61 Å². The van der Waals surface area contributed by atoms with Gasteiger partial charge in [-0.25, -0.2) is 9.78 Å². The maximum absolute atomic E-state index is 12.0. The highest BCUT2D eigenvalue weighted by Crippen LogP contribution is 2.16. The van der Waals surface area contributed by atoms with Gasteiger partial charge in [-0.05, 0) is 41.8 Å². The van der Waals surface area contributed by atoms with Crippen LogP contribution in [0.4, 0.5) is 0 Å². The van der Waals surface area contributed by atoms with E-state index in [4.69, 9.17) is 43.5 Å². The highest BCUT2D eigenvalue weighted by Gasteiger charge is 2.16. The first-order chi connectivity index (χ1) is 12.3. The van der Waals surface area contributed by atoms with Crippen molar-refractivity contribution in [3.63, 3.8) is 0 Å². The Kier molecular flexibility index (Phi) is 9.31. The summed E-state index contributed by atoms with van der Waals surface area (Å²) in [6.45, 7) is -0.440. The van der Waals surface area contributed by atoms with E-state index < -0.39 is 24.6 Å². The summed E-state index contributed by atoms with van der Waals surface area (Å²) < 4.78 is 10.2. The van der Waals surface area contributed by atoms with Crippen LogP contribution >= 0.6 is 35.6 Å². The van der Waals surface area contributed by atoms with Gasteiger partial charge in [0.1, 0.15) is 28.7 Å². The zero-order chi connectivity index (χ0) is 19.1. The first-order valence-electron chi connectivity index (χ1n) is 7.51. The first-order valence-corrected chi connectivity index (χ1v) is 8.27. The van der Waals surface area contributed by atoms with E-state index in [2.05, 4.69) is 4.98 Å². The normalized spacial score (nSPS) is 11.2. The number of rotatable bonds is 8. The molecule has 7 nitrogen and oxygen atoms in total. The summed E-state index contributed by atoms with van der Waals surface area (Å²) in [6.07, 6.45) is 0.260. The van der Waals surface area contributed by atoms with Crippen molar-refractivity contribution in [3.05, 3.63) is 57.8 Å². The molecule has 0 fully saturated rings. The van der Waals surface area contributed by atoms with E-state index in [1.165, 1.54) is 0 Å². The van der Waals surface area contributed by atoms with Crippen molar-refractivity contribution in [2.24, 2.45) is 5.73 Å². The molecule has 0 radical (unpaired) electrons. The molecular weight excluding hydrogens is 419 g/mol. The molecule has 2 aromatic rings. The van der Waals surface area contributed by atoms with E-state index in [1.807, 2.05) is 0 Å². The molecule has 1 atom stereocenters. The molecule has 2 rings (SSSR count). The van der Waals surface area contributed by atoms with Crippen LogP contribution in [-0.4, -0.2) is 34.7 Å². The number of hydrogen-bond donors (Lipinski definition) is 2. The average molecular weight is 436 g/mol. The van der Waals surface area contributed by atoms with Crippen molar-refractivity contribution in [3.8, 4) is 5.75 Å². The van der Waals surface area contributed by atoms with Gasteiger partial charge in [0.25, 0.3) is 0 Å². The van der Waals surface area contributed by atoms with Gasteiger partial charge in [-0.1, -0.05) is 35.3 Å². The van der Waals surface area contributed by atoms with Crippen molar-refractivity contribution in [2.45, 2.75) is 19.1 Å². The summed E-state index contributed by atoms with van der Waals surface area (Å²) in [4.78, 5) is 26.3. The summed E-state index contributed by atoms with van der Waals surface area (Å²) in [5, 5.41) is 8.97. The highest BCUT2D eigenvalue weighted by atomic mass is 35.5. The van der Waals surface area contributed by atoms with E-state index in [0.29, 0.717) is 11.3 Å². The number of esters is 1. The lowest BCUT2D eigenvalue weighted by Gasteiger charge is -2.12. The maximum atomic E-state index is 12.0. The lowest BCUT2D eigenvalue weighted by molar-refractivity contribution is -0.146. The number of ether oxygens (including phenoxy) is 2. The monoisotopic (exact) mass is 434 g/mol. The second-order valence-corrected chi connectivity index (χ2v) is 6.14. The molecule has 0 aliphatic rings. The summed E-state index contributed by atoms with van der Waals surface area (Å²) in [5.74, 6) is -1.21. The fourth-order valence-corrected chi connectivity index (χ4v) is 2.57. The third kappa shape index (κ3) is 8.01. The van der Waals surface area contributed by atoms with Crippen molar-refractivity contribution in [1.82, 2.24) is 4.98 Å². The number of benzene rings is 1. The smallest absolute Gasteiger partial charge is 0.341 e. The van der Waals surface area contributed by atoms with Crippen LogP contribution < -0.4 is 10.5 Å². The average Bonchev–Trinajstić information content (AvgIpc) is 2.58. The Bertz CT molecular complexity index is 766. The predicted octanol–water partition coefficient (Wildman–Crippen LogP) is 2.89. The number of carbonyl (C=O) groups is 2. The molecule has 0 bridgehead atoms. The Morgan fingerprint density at radius 2 is 1.70 bits per heavy atom. The van der Waals surface area contributed by atoms with E-state index >= 15 is 0 Å². The molecule has 3 N–H and O–H groups in total. The van der Waals surface area contributed by atoms with E-state index in [-0.39, 0.29) is 35.7 Å². The van der Waals surface area contributed by atoms with Gasteiger partial charge in [0.2, 0.25) is 0 Å². The number of aromatic nitrogens is 1. The number of hydrogen-bond acceptors (Lipinski definition) is 6. The Morgan fingerprint density at radius 1 is 1.11 bits per heavy atom. The molecule has 10 heteroatoms. The zero-order valence-electron chi connectivity index (χ0n) is 13.9. The van der Waals surface area contributed by atoms with E-state index in [9.17, 15) is 9.59 Å². The lowest BCUT2D eigenvalue weighted by Crippen LogP contribution is -2.34. The van der Waals surface area contributed by atoms with Crippen LogP contribution in [-0.2, 0) is 27.4 Å². The fraction of sp³-hybridized carbons (Fsp3) is 0.235.